The first-order valence-corrected chi connectivity index (χ1v) is 11.6. The maximum atomic E-state index is 12.4. The summed E-state index contributed by atoms with van der Waals surface area (Å²) in [6.45, 7) is 7.62. The number of thioether (sulfide) groups is 1. The molecule has 0 saturated heterocycles. The molecule has 1 unspecified atom stereocenters. The van der Waals surface area contributed by atoms with Crippen LogP contribution in [-0.4, -0.2) is 53.2 Å². The third-order valence-corrected chi connectivity index (χ3v) is 6.20. The molecule has 32 heavy (non-hydrogen) atoms. The van der Waals surface area contributed by atoms with Crippen molar-refractivity contribution in [3.63, 3.8) is 0 Å². The zero-order valence-corrected chi connectivity index (χ0v) is 19.1. The Morgan fingerprint density at radius 3 is 2.81 bits per heavy atom. The highest BCUT2D eigenvalue weighted by molar-refractivity contribution is 7.99. The number of ether oxygens (including phenoxy) is 3. The summed E-state index contributed by atoms with van der Waals surface area (Å²) in [4.78, 5) is 29.0. The van der Waals surface area contributed by atoms with E-state index in [1.54, 1.807) is 13.8 Å². The number of amides is 2. The van der Waals surface area contributed by atoms with Gasteiger partial charge in [-0.25, -0.2) is 14.6 Å². The van der Waals surface area contributed by atoms with Gasteiger partial charge in [0.1, 0.15) is 13.2 Å². The molecule has 3 heterocycles. The predicted molar refractivity (Wildman–Crippen MR) is 120 cm³/mol. The first kappa shape index (κ1) is 22.1. The lowest BCUT2D eigenvalue weighted by Gasteiger charge is -2.26. The normalized spacial score (nSPS) is 17.6. The van der Waals surface area contributed by atoms with Gasteiger partial charge in [-0.3, -0.25) is 0 Å². The van der Waals surface area contributed by atoms with E-state index in [0.717, 1.165) is 27.9 Å². The number of aromatic nitrogens is 2. The van der Waals surface area contributed by atoms with Crippen LogP contribution in [0.5, 0.6) is 11.5 Å². The molecule has 9 nitrogen and oxygen atoms in total. The van der Waals surface area contributed by atoms with E-state index in [-0.39, 0.29) is 12.6 Å². The molecule has 2 aromatic rings. The maximum Gasteiger partial charge on any atom is 0.337 e. The largest absolute Gasteiger partial charge is 0.486 e. The van der Waals surface area contributed by atoms with Crippen LogP contribution in [0.3, 0.4) is 0 Å². The minimum Gasteiger partial charge on any atom is -0.486 e. The number of benzene rings is 1. The second kappa shape index (κ2) is 9.56. The zero-order valence-electron chi connectivity index (χ0n) is 18.3. The summed E-state index contributed by atoms with van der Waals surface area (Å²) in [6.07, 6.45) is 1.82. The molecule has 2 N–H and O–H groups in total. The Morgan fingerprint density at radius 1 is 1.28 bits per heavy atom. The van der Waals surface area contributed by atoms with Gasteiger partial charge in [0.25, 0.3) is 0 Å². The monoisotopic (exact) mass is 458 g/mol. The standard InChI is InChI=1S/C22H26N4O5S/c1-4-26-16(14-6-7-17-18(10-14)31-9-8-30-17)11-23-22(26)32-12-15-19(20(27)29-5-2)13(3)24-21(28)25-15/h6-7,10-11,13H,4-5,8-9,12H2,1-3H3,(H2,24,25,28). The number of urea groups is 1. The van der Waals surface area contributed by atoms with Gasteiger partial charge in [-0.2, -0.15) is 0 Å². The maximum absolute atomic E-state index is 12.4. The highest BCUT2D eigenvalue weighted by Gasteiger charge is 2.30. The van der Waals surface area contributed by atoms with Crippen molar-refractivity contribution in [2.24, 2.45) is 0 Å². The highest BCUT2D eigenvalue weighted by Crippen LogP contribution is 2.36. The van der Waals surface area contributed by atoms with E-state index in [2.05, 4.69) is 20.2 Å². The number of rotatable bonds is 7. The molecule has 0 saturated carbocycles. The number of fused-ring (bicyclic) bond motifs is 1. The number of hydrogen-bond acceptors (Lipinski definition) is 7. The Morgan fingerprint density at radius 2 is 2.06 bits per heavy atom. The summed E-state index contributed by atoms with van der Waals surface area (Å²) in [5.41, 5.74) is 2.90. The Bertz CT molecular complexity index is 1060. The van der Waals surface area contributed by atoms with Crippen LogP contribution in [0.2, 0.25) is 0 Å². The van der Waals surface area contributed by atoms with Gasteiger partial charge in [0.2, 0.25) is 0 Å². The molecule has 10 heteroatoms. The van der Waals surface area contributed by atoms with Crippen molar-refractivity contribution < 1.29 is 23.8 Å². The Labute approximate surface area is 190 Å². The average molecular weight is 459 g/mol. The van der Waals surface area contributed by atoms with E-state index in [0.29, 0.717) is 36.8 Å². The van der Waals surface area contributed by atoms with E-state index < -0.39 is 12.0 Å². The summed E-state index contributed by atoms with van der Waals surface area (Å²) in [6, 6.07) is 5.09. The molecule has 0 aliphatic carbocycles. The van der Waals surface area contributed by atoms with Crippen molar-refractivity contribution in [2.45, 2.75) is 38.5 Å². The Balaban J connectivity index is 1.59. The Kier molecular flexibility index (Phi) is 6.59. The number of hydrogen-bond donors (Lipinski definition) is 2. The van der Waals surface area contributed by atoms with Gasteiger partial charge in [-0.1, -0.05) is 11.8 Å². The van der Waals surface area contributed by atoms with Crippen molar-refractivity contribution in [1.82, 2.24) is 20.2 Å². The molecule has 2 aliphatic heterocycles. The number of imidazole rings is 1. The summed E-state index contributed by atoms with van der Waals surface area (Å²) in [5, 5.41) is 6.25. The van der Waals surface area contributed by atoms with Gasteiger partial charge in [0.15, 0.2) is 16.7 Å². The van der Waals surface area contributed by atoms with Crippen LogP contribution < -0.4 is 20.1 Å². The average Bonchev–Trinajstić information content (AvgIpc) is 3.20. The minimum absolute atomic E-state index is 0.266. The van der Waals surface area contributed by atoms with E-state index in [1.807, 2.05) is 31.3 Å². The van der Waals surface area contributed by atoms with Crippen LogP contribution >= 0.6 is 11.8 Å². The van der Waals surface area contributed by atoms with Crippen LogP contribution in [0.15, 0.2) is 40.8 Å². The van der Waals surface area contributed by atoms with Gasteiger partial charge in [0.05, 0.1) is 30.1 Å². The topological polar surface area (TPSA) is 104 Å². The quantitative estimate of drug-likeness (QED) is 0.486. The summed E-state index contributed by atoms with van der Waals surface area (Å²) in [7, 11) is 0. The van der Waals surface area contributed by atoms with E-state index >= 15 is 0 Å². The highest BCUT2D eigenvalue weighted by atomic mass is 32.2. The fourth-order valence-corrected chi connectivity index (χ4v) is 4.75. The third kappa shape index (κ3) is 4.40. The Hall–Kier alpha value is -3.14. The number of esters is 1. The minimum atomic E-state index is -0.433. The molecule has 2 aliphatic rings. The second-order valence-electron chi connectivity index (χ2n) is 7.25. The molecule has 2 amide bonds. The van der Waals surface area contributed by atoms with Gasteiger partial charge >= 0.3 is 12.0 Å². The van der Waals surface area contributed by atoms with Crippen molar-refractivity contribution >= 4 is 23.8 Å². The zero-order chi connectivity index (χ0) is 22.7. The molecular weight excluding hydrogens is 432 g/mol. The van der Waals surface area contributed by atoms with Crippen molar-refractivity contribution in [1.29, 1.82) is 0 Å². The van der Waals surface area contributed by atoms with Crippen molar-refractivity contribution in [3.05, 3.63) is 35.7 Å². The smallest absolute Gasteiger partial charge is 0.337 e. The fraction of sp³-hybridized carbons (Fsp3) is 0.409. The first-order valence-electron chi connectivity index (χ1n) is 10.6. The molecule has 1 aromatic heterocycles. The van der Waals surface area contributed by atoms with Crippen LogP contribution in [0.1, 0.15) is 20.8 Å². The number of nitrogens with one attached hydrogen (secondary N) is 2. The molecule has 0 bridgehead atoms. The van der Waals surface area contributed by atoms with Crippen LogP contribution in [0.25, 0.3) is 11.3 Å². The van der Waals surface area contributed by atoms with Crippen LogP contribution in [-0.2, 0) is 16.1 Å². The van der Waals surface area contributed by atoms with Crippen LogP contribution in [0.4, 0.5) is 4.79 Å². The van der Waals surface area contributed by atoms with Crippen molar-refractivity contribution in [2.75, 3.05) is 25.6 Å². The SMILES string of the molecule is CCOC(=O)C1=C(CSc2ncc(-c3ccc4c(c3)OCCO4)n2CC)NC(=O)NC1C. The lowest BCUT2D eigenvalue weighted by Crippen LogP contribution is -2.49. The lowest BCUT2D eigenvalue weighted by atomic mass is 10.1. The second-order valence-corrected chi connectivity index (χ2v) is 8.19. The van der Waals surface area contributed by atoms with E-state index in [1.165, 1.54) is 11.8 Å². The van der Waals surface area contributed by atoms with Crippen molar-refractivity contribution in [3.8, 4) is 22.8 Å². The molecule has 0 radical (unpaired) electrons. The molecule has 1 atom stereocenters. The van der Waals surface area contributed by atoms with Gasteiger partial charge in [0, 0.05) is 23.6 Å². The molecule has 170 valence electrons. The lowest BCUT2D eigenvalue weighted by molar-refractivity contribution is -0.138. The number of nitrogens with zero attached hydrogens (tertiary/aromatic N) is 2. The molecular formula is C22H26N4O5S. The molecule has 0 spiro atoms. The predicted octanol–water partition coefficient (Wildman–Crippen LogP) is 2.95. The summed E-state index contributed by atoms with van der Waals surface area (Å²) < 4.78 is 18.6. The number of carbonyl (C=O) groups excluding carboxylic acids is 2. The molecule has 4 rings (SSSR count). The van der Waals surface area contributed by atoms with E-state index in [9.17, 15) is 9.59 Å². The van der Waals surface area contributed by atoms with Gasteiger partial charge < -0.3 is 29.4 Å². The van der Waals surface area contributed by atoms with Gasteiger partial charge in [-0.15, -0.1) is 0 Å². The third-order valence-electron chi connectivity index (χ3n) is 5.18. The van der Waals surface area contributed by atoms with Crippen LogP contribution in [0, 0.1) is 0 Å². The fourth-order valence-electron chi connectivity index (χ4n) is 3.74. The summed E-state index contributed by atoms with van der Waals surface area (Å²) in [5.74, 6) is 1.41. The molecule has 0 fully saturated rings. The first-order chi connectivity index (χ1) is 15.5. The number of carbonyl (C=O) groups is 2. The summed E-state index contributed by atoms with van der Waals surface area (Å²) >= 11 is 1.45. The van der Waals surface area contributed by atoms with Gasteiger partial charge in [-0.05, 0) is 39.0 Å². The molecule has 1 aromatic carbocycles. The van der Waals surface area contributed by atoms with E-state index in [4.69, 9.17) is 14.2 Å².